The maximum atomic E-state index is 7.00. The van der Waals surface area contributed by atoms with E-state index in [0.29, 0.717) is 0 Å². The van der Waals surface area contributed by atoms with E-state index in [9.17, 15) is 0 Å². The van der Waals surface area contributed by atoms with Gasteiger partial charge in [-0.2, -0.15) is 0 Å². The molecule has 2 nitrogen and oxygen atoms in total. The molecule has 0 atom stereocenters. The SMILES string of the molecule is c1ccc(-c2ccc(N(c3cccc4c3-c3ccccc3C43c4ccccc4-c4ccccc43)c3ccc(-c4ccccc4)c4c3oc3ccccc34)cc2)cc1. The van der Waals surface area contributed by atoms with Crippen LogP contribution in [0.5, 0.6) is 0 Å². The van der Waals surface area contributed by atoms with Gasteiger partial charge in [-0.3, -0.25) is 0 Å². The van der Waals surface area contributed by atoms with E-state index in [-0.39, 0.29) is 0 Å². The summed E-state index contributed by atoms with van der Waals surface area (Å²) in [6.45, 7) is 0. The minimum absolute atomic E-state index is 0.455. The number of rotatable bonds is 5. The van der Waals surface area contributed by atoms with Crippen molar-refractivity contribution in [1.82, 2.24) is 0 Å². The molecule has 10 aromatic rings. The second kappa shape index (κ2) is 12.3. The van der Waals surface area contributed by atoms with Crippen LogP contribution < -0.4 is 4.90 Å². The summed E-state index contributed by atoms with van der Waals surface area (Å²) < 4.78 is 7.00. The van der Waals surface area contributed by atoms with Crippen molar-refractivity contribution in [2.24, 2.45) is 0 Å². The molecule has 1 aromatic heterocycles. The molecular formula is C55H35NO. The molecule has 0 N–H and O–H groups in total. The van der Waals surface area contributed by atoms with E-state index < -0.39 is 5.41 Å². The lowest BCUT2D eigenvalue weighted by atomic mass is 9.70. The van der Waals surface area contributed by atoms with Crippen LogP contribution in [0.4, 0.5) is 17.1 Å². The Hall–Kier alpha value is -7.42. The number of anilines is 3. The highest BCUT2D eigenvalue weighted by Gasteiger charge is 2.52. The van der Waals surface area contributed by atoms with Crippen LogP contribution >= 0.6 is 0 Å². The number of benzene rings is 9. The molecule has 2 aliphatic carbocycles. The third-order valence-electron chi connectivity index (χ3n) is 12.3. The van der Waals surface area contributed by atoms with Gasteiger partial charge in [-0.05, 0) is 91.5 Å². The number of nitrogens with zero attached hydrogens (tertiary/aromatic N) is 1. The Morgan fingerprint density at radius 3 is 1.60 bits per heavy atom. The minimum atomic E-state index is -0.455. The lowest BCUT2D eigenvalue weighted by Gasteiger charge is -2.32. The smallest absolute Gasteiger partial charge is 0.160 e. The first-order chi connectivity index (χ1) is 28.3. The Bertz CT molecular complexity index is 3130. The Morgan fingerprint density at radius 1 is 0.351 bits per heavy atom. The van der Waals surface area contributed by atoms with Gasteiger partial charge in [0.15, 0.2) is 5.58 Å². The van der Waals surface area contributed by atoms with Crippen LogP contribution in [0.1, 0.15) is 22.3 Å². The fourth-order valence-corrected chi connectivity index (χ4v) is 10.0. The van der Waals surface area contributed by atoms with Gasteiger partial charge >= 0.3 is 0 Å². The number of para-hydroxylation sites is 1. The number of hydrogen-bond donors (Lipinski definition) is 0. The predicted octanol–water partition coefficient (Wildman–Crippen LogP) is 14.7. The first-order valence-corrected chi connectivity index (χ1v) is 19.7. The van der Waals surface area contributed by atoms with Gasteiger partial charge in [0.1, 0.15) is 5.58 Å². The lowest BCUT2D eigenvalue weighted by molar-refractivity contribution is 0.669. The van der Waals surface area contributed by atoms with Crippen molar-refractivity contribution in [3.05, 3.63) is 235 Å². The van der Waals surface area contributed by atoms with Crippen LogP contribution in [0.2, 0.25) is 0 Å². The van der Waals surface area contributed by atoms with Crippen molar-refractivity contribution in [2.75, 3.05) is 4.90 Å². The fraction of sp³-hybridized carbons (Fsp3) is 0.0182. The van der Waals surface area contributed by atoms with Crippen LogP contribution in [0.15, 0.2) is 217 Å². The van der Waals surface area contributed by atoms with Crippen molar-refractivity contribution >= 4 is 39.0 Å². The molecule has 266 valence electrons. The van der Waals surface area contributed by atoms with E-state index >= 15 is 0 Å². The normalized spacial score (nSPS) is 13.1. The Balaban J connectivity index is 1.17. The topological polar surface area (TPSA) is 16.4 Å². The summed E-state index contributed by atoms with van der Waals surface area (Å²) in [4.78, 5) is 2.44. The first kappa shape index (κ1) is 31.9. The molecule has 0 saturated carbocycles. The summed E-state index contributed by atoms with van der Waals surface area (Å²) in [6, 6.07) is 77.3. The monoisotopic (exact) mass is 725 g/mol. The van der Waals surface area contributed by atoms with Crippen LogP contribution in [-0.4, -0.2) is 0 Å². The van der Waals surface area contributed by atoms with Crippen molar-refractivity contribution in [2.45, 2.75) is 5.41 Å². The first-order valence-electron chi connectivity index (χ1n) is 19.7. The summed E-state index contributed by atoms with van der Waals surface area (Å²) in [7, 11) is 0. The van der Waals surface area contributed by atoms with Crippen molar-refractivity contribution in [1.29, 1.82) is 0 Å². The molecule has 12 rings (SSSR count). The zero-order valence-corrected chi connectivity index (χ0v) is 31.1. The molecule has 0 unspecified atom stereocenters. The van der Waals surface area contributed by atoms with Gasteiger partial charge in [0.05, 0.1) is 16.8 Å². The lowest BCUT2D eigenvalue weighted by Crippen LogP contribution is -2.26. The molecule has 0 bridgehead atoms. The number of hydrogen-bond acceptors (Lipinski definition) is 2. The van der Waals surface area contributed by atoms with E-state index in [0.717, 1.165) is 50.1 Å². The second-order valence-corrected chi connectivity index (χ2v) is 15.1. The van der Waals surface area contributed by atoms with Gasteiger partial charge in [-0.15, -0.1) is 0 Å². The molecule has 0 aliphatic heterocycles. The average Bonchev–Trinajstić information content (AvgIpc) is 3.93. The van der Waals surface area contributed by atoms with Crippen molar-refractivity contribution < 1.29 is 4.42 Å². The standard InChI is InChI=1S/C55H35NO/c1-3-16-36(17-4-1)37-30-32-39(33-31-37)56(50-35-34-40(38-18-5-2-6-19-38)52-44-23-10-14-29-51(44)57-54(50)52)49-28-15-27-48-53(49)43-22-9-13-26-47(43)55(48)45-24-11-7-20-41(45)42-21-8-12-25-46(42)55/h1-35H. The number of fused-ring (bicyclic) bond motifs is 13. The molecule has 0 radical (unpaired) electrons. The minimum Gasteiger partial charge on any atom is -0.454 e. The summed E-state index contributed by atoms with van der Waals surface area (Å²) in [6.07, 6.45) is 0. The maximum Gasteiger partial charge on any atom is 0.160 e. The molecule has 2 aliphatic rings. The Labute approximate surface area is 331 Å². The molecule has 0 fully saturated rings. The van der Waals surface area contributed by atoms with Crippen LogP contribution in [0.3, 0.4) is 0 Å². The molecular weight excluding hydrogens is 691 g/mol. The maximum absolute atomic E-state index is 7.00. The van der Waals surface area contributed by atoms with E-state index in [1.807, 2.05) is 0 Å². The van der Waals surface area contributed by atoms with Crippen LogP contribution in [0, 0.1) is 0 Å². The quantitative estimate of drug-likeness (QED) is 0.176. The summed E-state index contributed by atoms with van der Waals surface area (Å²) in [5.74, 6) is 0. The highest BCUT2D eigenvalue weighted by molar-refractivity contribution is 6.17. The van der Waals surface area contributed by atoms with E-state index in [4.69, 9.17) is 4.42 Å². The average molecular weight is 726 g/mol. The van der Waals surface area contributed by atoms with Crippen molar-refractivity contribution in [3.8, 4) is 44.5 Å². The zero-order chi connectivity index (χ0) is 37.5. The molecule has 1 heterocycles. The highest BCUT2D eigenvalue weighted by atomic mass is 16.3. The highest BCUT2D eigenvalue weighted by Crippen LogP contribution is 2.65. The molecule has 9 aromatic carbocycles. The third kappa shape index (κ3) is 4.47. The third-order valence-corrected chi connectivity index (χ3v) is 12.3. The van der Waals surface area contributed by atoms with Gasteiger partial charge in [-0.1, -0.05) is 182 Å². The predicted molar refractivity (Wildman–Crippen MR) is 236 cm³/mol. The molecule has 0 amide bonds. The van der Waals surface area contributed by atoms with Gasteiger partial charge in [0.2, 0.25) is 0 Å². The molecule has 1 spiro atoms. The van der Waals surface area contributed by atoms with Gasteiger partial charge in [0, 0.05) is 22.0 Å². The Morgan fingerprint density at radius 2 is 0.895 bits per heavy atom. The largest absolute Gasteiger partial charge is 0.454 e. The molecule has 0 saturated heterocycles. The van der Waals surface area contributed by atoms with Crippen molar-refractivity contribution in [3.63, 3.8) is 0 Å². The fourth-order valence-electron chi connectivity index (χ4n) is 10.0. The summed E-state index contributed by atoms with van der Waals surface area (Å²) in [5.41, 5.74) is 19.5. The Kier molecular flexibility index (Phi) is 6.88. The molecule has 57 heavy (non-hydrogen) atoms. The number of furan rings is 1. The van der Waals surface area contributed by atoms with E-state index in [2.05, 4.69) is 217 Å². The molecule has 2 heteroatoms. The second-order valence-electron chi connectivity index (χ2n) is 15.1. The summed E-state index contributed by atoms with van der Waals surface area (Å²) in [5, 5.41) is 2.22. The zero-order valence-electron chi connectivity index (χ0n) is 31.1. The van der Waals surface area contributed by atoms with E-state index in [1.165, 1.54) is 55.6 Å². The van der Waals surface area contributed by atoms with Gasteiger partial charge < -0.3 is 9.32 Å². The summed E-state index contributed by atoms with van der Waals surface area (Å²) >= 11 is 0. The van der Waals surface area contributed by atoms with Gasteiger partial charge in [0.25, 0.3) is 0 Å². The van der Waals surface area contributed by atoms with Crippen LogP contribution in [-0.2, 0) is 5.41 Å². The van der Waals surface area contributed by atoms with Gasteiger partial charge in [-0.25, -0.2) is 0 Å². The van der Waals surface area contributed by atoms with E-state index in [1.54, 1.807) is 0 Å². The van der Waals surface area contributed by atoms with Crippen LogP contribution in [0.25, 0.3) is 66.4 Å².